The van der Waals surface area contributed by atoms with Crippen molar-refractivity contribution in [3.63, 3.8) is 0 Å². The third-order valence-corrected chi connectivity index (χ3v) is 2.70. The fourth-order valence-corrected chi connectivity index (χ4v) is 1.85. The SMILES string of the molecule is CNCc1ccc(C(C)O)s1. The lowest BCUT2D eigenvalue weighted by Crippen LogP contribution is -2.02. The van der Waals surface area contributed by atoms with Crippen molar-refractivity contribution in [1.82, 2.24) is 5.32 Å². The van der Waals surface area contributed by atoms with E-state index >= 15 is 0 Å². The fourth-order valence-electron chi connectivity index (χ4n) is 0.888. The Hall–Kier alpha value is -0.380. The Labute approximate surface area is 70.9 Å². The summed E-state index contributed by atoms with van der Waals surface area (Å²) < 4.78 is 0. The molecule has 1 atom stereocenters. The Balaban J connectivity index is 2.66. The van der Waals surface area contributed by atoms with Gasteiger partial charge in [-0.05, 0) is 26.1 Å². The largest absolute Gasteiger partial charge is 0.388 e. The van der Waals surface area contributed by atoms with Gasteiger partial charge in [-0.3, -0.25) is 0 Å². The molecule has 0 aliphatic carbocycles. The number of aliphatic hydroxyl groups excluding tert-OH is 1. The van der Waals surface area contributed by atoms with Crippen molar-refractivity contribution in [3.8, 4) is 0 Å². The van der Waals surface area contributed by atoms with E-state index in [-0.39, 0.29) is 6.10 Å². The summed E-state index contributed by atoms with van der Waals surface area (Å²) in [5.41, 5.74) is 0. The molecule has 0 fully saturated rings. The van der Waals surface area contributed by atoms with Crippen LogP contribution in [0.2, 0.25) is 0 Å². The van der Waals surface area contributed by atoms with Crippen molar-refractivity contribution < 1.29 is 5.11 Å². The molecule has 0 amide bonds. The predicted octanol–water partition coefficient (Wildman–Crippen LogP) is 1.52. The maximum absolute atomic E-state index is 9.20. The van der Waals surface area contributed by atoms with E-state index in [1.54, 1.807) is 18.3 Å². The molecule has 0 aliphatic rings. The van der Waals surface area contributed by atoms with Crippen LogP contribution in [0.5, 0.6) is 0 Å². The molecule has 1 heterocycles. The Morgan fingerprint density at radius 3 is 2.82 bits per heavy atom. The summed E-state index contributed by atoms with van der Waals surface area (Å²) >= 11 is 1.65. The predicted molar refractivity (Wildman–Crippen MR) is 47.7 cm³/mol. The molecule has 1 unspecified atom stereocenters. The molecule has 0 bridgehead atoms. The molecule has 0 saturated heterocycles. The highest BCUT2D eigenvalue weighted by molar-refractivity contribution is 7.12. The van der Waals surface area contributed by atoms with Crippen LogP contribution in [0.15, 0.2) is 12.1 Å². The van der Waals surface area contributed by atoms with Crippen LogP contribution in [0.3, 0.4) is 0 Å². The van der Waals surface area contributed by atoms with Gasteiger partial charge in [-0.15, -0.1) is 11.3 Å². The van der Waals surface area contributed by atoms with E-state index in [0.29, 0.717) is 0 Å². The highest BCUT2D eigenvalue weighted by Crippen LogP contribution is 2.22. The lowest BCUT2D eigenvalue weighted by atomic mass is 10.3. The average molecular weight is 171 g/mol. The van der Waals surface area contributed by atoms with Gasteiger partial charge < -0.3 is 10.4 Å². The van der Waals surface area contributed by atoms with Gasteiger partial charge in [0.2, 0.25) is 0 Å². The number of thiophene rings is 1. The van der Waals surface area contributed by atoms with Gasteiger partial charge in [-0.2, -0.15) is 0 Å². The fraction of sp³-hybridized carbons (Fsp3) is 0.500. The Morgan fingerprint density at radius 2 is 2.36 bits per heavy atom. The Morgan fingerprint density at radius 1 is 1.64 bits per heavy atom. The molecule has 62 valence electrons. The molecule has 0 spiro atoms. The minimum atomic E-state index is -0.328. The highest BCUT2D eigenvalue weighted by atomic mass is 32.1. The van der Waals surface area contributed by atoms with Gasteiger partial charge in [0, 0.05) is 16.3 Å². The second kappa shape index (κ2) is 3.85. The summed E-state index contributed by atoms with van der Waals surface area (Å²) in [5, 5.41) is 12.3. The van der Waals surface area contributed by atoms with Crippen LogP contribution in [0.1, 0.15) is 22.8 Å². The van der Waals surface area contributed by atoms with Gasteiger partial charge in [-0.25, -0.2) is 0 Å². The number of aliphatic hydroxyl groups is 1. The molecule has 1 aromatic rings. The molecule has 2 nitrogen and oxygen atoms in total. The molecule has 0 radical (unpaired) electrons. The Bertz CT molecular complexity index is 220. The van der Waals surface area contributed by atoms with Crippen LogP contribution in [-0.4, -0.2) is 12.2 Å². The average Bonchev–Trinajstić information content (AvgIpc) is 2.37. The molecule has 1 rings (SSSR count). The number of rotatable bonds is 3. The number of nitrogens with one attached hydrogen (secondary N) is 1. The smallest absolute Gasteiger partial charge is 0.0854 e. The minimum absolute atomic E-state index is 0.328. The van der Waals surface area contributed by atoms with E-state index in [9.17, 15) is 5.11 Å². The van der Waals surface area contributed by atoms with Gasteiger partial charge in [0.25, 0.3) is 0 Å². The van der Waals surface area contributed by atoms with Gasteiger partial charge in [0.15, 0.2) is 0 Å². The van der Waals surface area contributed by atoms with E-state index in [1.165, 1.54) is 4.88 Å². The summed E-state index contributed by atoms with van der Waals surface area (Å²) in [4.78, 5) is 2.30. The van der Waals surface area contributed by atoms with Crippen molar-refractivity contribution in [3.05, 3.63) is 21.9 Å². The first kappa shape index (κ1) is 8.71. The standard InChI is InChI=1S/C8H13NOS/c1-6(10)8-4-3-7(11-8)5-9-2/h3-4,6,9-10H,5H2,1-2H3. The lowest BCUT2D eigenvalue weighted by Gasteiger charge is -1.97. The zero-order valence-corrected chi connectivity index (χ0v) is 7.61. The molecule has 11 heavy (non-hydrogen) atoms. The molecule has 1 aromatic heterocycles. The van der Waals surface area contributed by atoms with Crippen molar-refractivity contribution >= 4 is 11.3 Å². The number of hydrogen-bond acceptors (Lipinski definition) is 3. The number of hydrogen-bond donors (Lipinski definition) is 2. The molecule has 0 aromatic carbocycles. The first-order valence-electron chi connectivity index (χ1n) is 3.65. The second-order valence-electron chi connectivity index (χ2n) is 2.51. The minimum Gasteiger partial charge on any atom is -0.388 e. The van der Waals surface area contributed by atoms with E-state index in [1.807, 2.05) is 19.2 Å². The second-order valence-corrected chi connectivity index (χ2v) is 3.71. The van der Waals surface area contributed by atoms with Gasteiger partial charge in [-0.1, -0.05) is 0 Å². The van der Waals surface area contributed by atoms with Crippen LogP contribution < -0.4 is 5.32 Å². The van der Waals surface area contributed by atoms with Crippen molar-refractivity contribution in [2.45, 2.75) is 19.6 Å². The maximum Gasteiger partial charge on any atom is 0.0854 e. The normalized spacial score (nSPS) is 13.4. The molecule has 2 N–H and O–H groups in total. The third-order valence-electron chi connectivity index (χ3n) is 1.45. The van der Waals surface area contributed by atoms with E-state index in [2.05, 4.69) is 5.32 Å². The van der Waals surface area contributed by atoms with Crippen LogP contribution in [0, 0.1) is 0 Å². The van der Waals surface area contributed by atoms with Gasteiger partial charge >= 0.3 is 0 Å². The molecule has 0 saturated carbocycles. The summed E-state index contributed by atoms with van der Waals surface area (Å²) in [6, 6.07) is 4.02. The van der Waals surface area contributed by atoms with Crippen molar-refractivity contribution in [2.24, 2.45) is 0 Å². The molecule has 0 aliphatic heterocycles. The molecular formula is C8H13NOS. The van der Waals surface area contributed by atoms with Crippen LogP contribution in [0.4, 0.5) is 0 Å². The van der Waals surface area contributed by atoms with Crippen LogP contribution in [0.25, 0.3) is 0 Å². The van der Waals surface area contributed by atoms with Crippen molar-refractivity contribution in [2.75, 3.05) is 7.05 Å². The third kappa shape index (κ3) is 2.29. The summed E-state index contributed by atoms with van der Waals surface area (Å²) in [6.45, 7) is 2.67. The monoisotopic (exact) mass is 171 g/mol. The van der Waals surface area contributed by atoms with E-state index in [4.69, 9.17) is 0 Å². The summed E-state index contributed by atoms with van der Waals surface area (Å²) in [7, 11) is 1.92. The first-order valence-corrected chi connectivity index (χ1v) is 4.47. The highest BCUT2D eigenvalue weighted by Gasteiger charge is 2.03. The van der Waals surface area contributed by atoms with E-state index in [0.717, 1.165) is 11.4 Å². The van der Waals surface area contributed by atoms with Gasteiger partial charge in [0.1, 0.15) is 0 Å². The quantitative estimate of drug-likeness (QED) is 0.722. The van der Waals surface area contributed by atoms with E-state index < -0.39 is 0 Å². The lowest BCUT2D eigenvalue weighted by molar-refractivity contribution is 0.203. The Kier molecular flexibility index (Phi) is 3.05. The van der Waals surface area contributed by atoms with Crippen LogP contribution in [-0.2, 0) is 6.54 Å². The molecule has 3 heteroatoms. The maximum atomic E-state index is 9.20. The van der Waals surface area contributed by atoms with Gasteiger partial charge in [0.05, 0.1) is 6.10 Å². The summed E-state index contributed by atoms with van der Waals surface area (Å²) in [6.07, 6.45) is -0.328. The molecular weight excluding hydrogens is 158 g/mol. The topological polar surface area (TPSA) is 32.3 Å². The van der Waals surface area contributed by atoms with Crippen molar-refractivity contribution in [1.29, 1.82) is 0 Å². The first-order chi connectivity index (χ1) is 5.24. The summed E-state index contributed by atoms with van der Waals surface area (Å²) in [5.74, 6) is 0. The van der Waals surface area contributed by atoms with Crippen LogP contribution >= 0.6 is 11.3 Å². The zero-order valence-electron chi connectivity index (χ0n) is 6.79. The zero-order chi connectivity index (χ0) is 8.27.